The maximum absolute atomic E-state index is 12.7. The number of rotatable bonds is 1. The minimum atomic E-state index is -5.11. The van der Waals surface area contributed by atoms with Gasteiger partial charge in [0, 0.05) is 0 Å². The SMILES string of the molecule is Fc1c(C(F)F)ccc(C(F)(F)F)c1F. The molecule has 0 bridgehead atoms. The highest BCUT2D eigenvalue weighted by molar-refractivity contribution is 5.28. The largest absolute Gasteiger partial charge is 0.419 e. The Bertz CT molecular complexity index is 366. The third-order valence-electron chi connectivity index (χ3n) is 1.65. The van der Waals surface area contributed by atoms with Crippen molar-refractivity contribution in [3.05, 3.63) is 34.9 Å². The van der Waals surface area contributed by atoms with Gasteiger partial charge in [0.25, 0.3) is 6.43 Å². The smallest absolute Gasteiger partial charge is 0.205 e. The van der Waals surface area contributed by atoms with Gasteiger partial charge in [0.2, 0.25) is 0 Å². The second-order valence-electron chi connectivity index (χ2n) is 2.63. The van der Waals surface area contributed by atoms with Crippen molar-refractivity contribution in [2.45, 2.75) is 12.6 Å². The minimum absolute atomic E-state index is 0.0832. The molecule has 0 saturated heterocycles. The fourth-order valence-electron chi connectivity index (χ4n) is 0.952. The van der Waals surface area contributed by atoms with Crippen molar-refractivity contribution in [2.75, 3.05) is 0 Å². The molecule has 0 aliphatic carbocycles. The van der Waals surface area contributed by atoms with Crippen LogP contribution in [0.25, 0.3) is 0 Å². The summed E-state index contributed by atoms with van der Waals surface area (Å²) < 4.78 is 85.2. The van der Waals surface area contributed by atoms with Gasteiger partial charge in [-0.1, -0.05) is 0 Å². The van der Waals surface area contributed by atoms with E-state index in [0.29, 0.717) is 0 Å². The quantitative estimate of drug-likeness (QED) is 0.643. The van der Waals surface area contributed by atoms with E-state index in [2.05, 4.69) is 0 Å². The molecule has 0 unspecified atom stereocenters. The van der Waals surface area contributed by atoms with E-state index in [9.17, 15) is 30.7 Å². The number of hydrogen-bond donors (Lipinski definition) is 0. The van der Waals surface area contributed by atoms with Crippen molar-refractivity contribution in [1.82, 2.24) is 0 Å². The molecule has 0 atom stereocenters. The molecule has 1 aromatic carbocycles. The third-order valence-corrected chi connectivity index (χ3v) is 1.65. The first-order valence-corrected chi connectivity index (χ1v) is 3.58. The fourth-order valence-corrected chi connectivity index (χ4v) is 0.952. The van der Waals surface area contributed by atoms with E-state index in [4.69, 9.17) is 0 Å². The second-order valence-corrected chi connectivity index (χ2v) is 2.63. The van der Waals surface area contributed by atoms with Gasteiger partial charge in [-0.2, -0.15) is 13.2 Å². The predicted molar refractivity (Wildman–Crippen MR) is 36.3 cm³/mol. The first-order valence-electron chi connectivity index (χ1n) is 3.58. The van der Waals surface area contributed by atoms with Crippen molar-refractivity contribution in [2.24, 2.45) is 0 Å². The van der Waals surface area contributed by atoms with Gasteiger partial charge in [-0.15, -0.1) is 0 Å². The summed E-state index contributed by atoms with van der Waals surface area (Å²) in [6, 6.07) is 0.297. The Kier molecular flexibility index (Phi) is 2.92. The van der Waals surface area contributed by atoms with Crippen LogP contribution >= 0.6 is 0 Å². The summed E-state index contributed by atoms with van der Waals surface area (Å²) in [6.07, 6.45) is -8.47. The van der Waals surface area contributed by atoms with E-state index in [1.54, 1.807) is 0 Å². The molecule has 0 nitrogen and oxygen atoms in total. The van der Waals surface area contributed by atoms with Crippen molar-refractivity contribution < 1.29 is 30.7 Å². The zero-order valence-corrected chi connectivity index (χ0v) is 6.88. The van der Waals surface area contributed by atoms with E-state index < -0.39 is 35.4 Å². The van der Waals surface area contributed by atoms with Crippen molar-refractivity contribution in [1.29, 1.82) is 0 Å². The summed E-state index contributed by atoms with van der Waals surface area (Å²) in [7, 11) is 0. The average molecular weight is 232 g/mol. The second kappa shape index (κ2) is 3.71. The van der Waals surface area contributed by atoms with Gasteiger partial charge in [-0.3, -0.25) is 0 Å². The lowest BCUT2D eigenvalue weighted by atomic mass is 10.1. The Balaban J connectivity index is 3.34. The number of halogens is 7. The molecule has 0 saturated carbocycles. The summed E-state index contributed by atoms with van der Waals surface area (Å²) >= 11 is 0. The highest BCUT2D eigenvalue weighted by atomic mass is 19.4. The molecular formula is C8H3F7. The Morgan fingerprint density at radius 1 is 0.933 bits per heavy atom. The van der Waals surface area contributed by atoms with E-state index in [0.717, 1.165) is 0 Å². The number of hydrogen-bond acceptors (Lipinski definition) is 0. The van der Waals surface area contributed by atoms with Crippen LogP contribution in [-0.4, -0.2) is 0 Å². The molecule has 0 heterocycles. The lowest BCUT2D eigenvalue weighted by Crippen LogP contribution is -2.11. The maximum atomic E-state index is 12.7. The Hall–Kier alpha value is -1.27. The van der Waals surface area contributed by atoms with Crippen LogP contribution in [0.5, 0.6) is 0 Å². The monoisotopic (exact) mass is 232 g/mol. The van der Waals surface area contributed by atoms with Crippen LogP contribution in [0.4, 0.5) is 30.7 Å². The first kappa shape index (κ1) is 11.8. The van der Waals surface area contributed by atoms with E-state index in [1.165, 1.54) is 0 Å². The van der Waals surface area contributed by atoms with E-state index >= 15 is 0 Å². The standard InChI is InChI=1S/C8H3F7/c9-5-3(7(11)12)1-2-4(6(5)10)8(13,14)15/h1-2,7H. The molecule has 7 heteroatoms. The Morgan fingerprint density at radius 2 is 1.47 bits per heavy atom. The molecule has 0 aliphatic rings. The lowest BCUT2D eigenvalue weighted by molar-refractivity contribution is -0.140. The molecule has 1 aromatic rings. The highest BCUT2D eigenvalue weighted by Crippen LogP contribution is 2.34. The predicted octanol–water partition coefficient (Wildman–Crippen LogP) is 3.92. The molecule has 15 heavy (non-hydrogen) atoms. The fraction of sp³-hybridized carbons (Fsp3) is 0.250. The number of benzene rings is 1. The van der Waals surface area contributed by atoms with Crippen LogP contribution in [0, 0.1) is 11.6 Å². The van der Waals surface area contributed by atoms with Gasteiger partial charge in [-0.25, -0.2) is 17.6 Å². The molecule has 0 fully saturated rings. The molecule has 0 radical (unpaired) electrons. The molecule has 0 aromatic heterocycles. The topological polar surface area (TPSA) is 0 Å². The first-order chi connectivity index (χ1) is 6.75. The lowest BCUT2D eigenvalue weighted by Gasteiger charge is -2.10. The van der Waals surface area contributed by atoms with Crippen LogP contribution in [0.1, 0.15) is 17.6 Å². The summed E-state index contributed by atoms with van der Waals surface area (Å²) in [6.45, 7) is 0. The van der Waals surface area contributed by atoms with Gasteiger partial charge in [0.05, 0.1) is 11.1 Å². The zero-order valence-electron chi connectivity index (χ0n) is 6.88. The van der Waals surface area contributed by atoms with E-state index in [1.807, 2.05) is 0 Å². The van der Waals surface area contributed by atoms with Gasteiger partial charge < -0.3 is 0 Å². The molecule has 84 valence electrons. The van der Waals surface area contributed by atoms with Crippen LogP contribution in [0.15, 0.2) is 12.1 Å². The van der Waals surface area contributed by atoms with Crippen LogP contribution in [-0.2, 0) is 6.18 Å². The van der Waals surface area contributed by atoms with Crippen molar-refractivity contribution in [3.8, 4) is 0 Å². The van der Waals surface area contributed by atoms with Crippen molar-refractivity contribution in [3.63, 3.8) is 0 Å². The van der Waals surface area contributed by atoms with Crippen LogP contribution in [0.3, 0.4) is 0 Å². The molecule has 0 amide bonds. The molecule has 0 N–H and O–H groups in total. The Morgan fingerprint density at radius 3 is 1.87 bits per heavy atom. The van der Waals surface area contributed by atoms with Crippen molar-refractivity contribution >= 4 is 0 Å². The van der Waals surface area contributed by atoms with Gasteiger partial charge in [-0.05, 0) is 12.1 Å². The summed E-state index contributed by atoms with van der Waals surface area (Å²) in [5.74, 6) is -4.47. The normalized spacial score (nSPS) is 12.3. The average Bonchev–Trinajstić information content (AvgIpc) is 2.06. The van der Waals surface area contributed by atoms with Gasteiger partial charge in [0.1, 0.15) is 0 Å². The summed E-state index contributed by atoms with van der Waals surface area (Å²) in [4.78, 5) is 0. The summed E-state index contributed by atoms with van der Waals surface area (Å²) in [5.41, 5.74) is -3.29. The van der Waals surface area contributed by atoms with Gasteiger partial charge in [0.15, 0.2) is 11.6 Å². The van der Waals surface area contributed by atoms with Crippen LogP contribution < -0.4 is 0 Å². The number of alkyl halides is 5. The maximum Gasteiger partial charge on any atom is 0.419 e. The molecular weight excluding hydrogens is 229 g/mol. The molecule has 1 rings (SSSR count). The minimum Gasteiger partial charge on any atom is -0.205 e. The molecule has 0 aliphatic heterocycles. The van der Waals surface area contributed by atoms with Crippen LogP contribution in [0.2, 0.25) is 0 Å². The Labute approximate surface area is 79.3 Å². The van der Waals surface area contributed by atoms with E-state index in [-0.39, 0.29) is 12.1 Å². The molecule has 0 spiro atoms. The summed E-state index contributed by atoms with van der Waals surface area (Å²) in [5, 5.41) is 0. The zero-order chi connectivity index (χ0) is 11.8. The van der Waals surface area contributed by atoms with Gasteiger partial charge >= 0.3 is 6.18 Å². The highest BCUT2D eigenvalue weighted by Gasteiger charge is 2.36. The third kappa shape index (κ3) is 2.21.